The Hall–Kier alpha value is -3.17. The van der Waals surface area contributed by atoms with Crippen molar-refractivity contribution in [3.63, 3.8) is 0 Å². The quantitative estimate of drug-likeness (QED) is 0.425. The van der Waals surface area contributed by atoms with Gasteiger partial charge in [0, 0.05) is 43.0 Å². The van der Waals surface area contributed by atoms with Gasteiger partial charge in [0.2, 0.25) is 5.95 Å². The maximum Gasteiger partial charge on any atom is 0.254 e. The van der Waals surface area contributed by atoms with Gasteiger partial charge in [-0.1, -0.05) is 12.1 Å². The molecule has 0 aliphatic carbocycles. The molecular formula is C21H27N7O2. The van der Waals surface area contributed by atoms with Crippen LogP contribution in [0.25, 0.3) is 10.9 Å². The molecular weight excluding hydrogens is 382 g/mol. The number of primary amides is 1. The molecule has 2 aromatic heterocycles. The molecule has 158 valence electrons. The fourth-order valence-electron chi connectivity index (χ4n) is 3.78. The van der Waals surface area contributed by atoms with Gasteiger partial charge in [0.1, 0.15) is 11.4 Å². The van der Waals surface area contributed by atoms with E-state index in [1.807, 2.05) is 19.1 Å². The molecule has 9 nitrogen and oxygen atoms in total. The predicted octanol–water partition coefficient (Wildman–Crippen LogP) is 2.00. The van der Waals surface area contributed by atoms with Gasteiger partial charge in [-0.3, -0.25) is 4.79 Å². The van der Waals surface area contributed by atoms with Crippen molar-refractivity contribution in [3.05, 3.63) is 41.7 Å². The molecule has 0 fully saturated rings. The molecule has 1 unspecified atom stereocenters. The van der Waals surface area contributed by atoms with Crippen LogP contribution in [0.5, 0.6) is 0 Å². The van der Waals surface area contributed by atoms with E-state index in [0.717, 1.165) is 36.0 Å². The zero-order valence-corrected chi connectivity index (χ0v) is 17.0. The predicted molar refractivity (Wildman–Crippen MR) is 117 cm³/mol. The highest BCUT2D eigenvalue weighted by Crippen LogP contribution is 2.33. The highest BCUT2D eigenvalue weighted by molar-refractivity contribution is 6.00. The summed E-state index contributed by atoms with van der Waals surface area (Å²) >= 11 is 0. The third kappa shape index (κ3) is 4.07. The number of hydrogen-bond acceptors (Lipinski definition) is 7. The lowest BCUT2D eigenvalue weighted by Gasteiger charge is -2.15. The topological polar surface area (TPSA) is 133 Å². The number of aryl methyl sites for hydroxylation is 2. The number of carbonyl (C=O) groups is 1. The van der Waals surface area contributed by atoms with Crippen LogP contribution >= 0.6 is 0 Å². The van der Waals surface area contributed by atoms with E-state index in [1.54, 1.807) is 0 Å². The van der Waals surface area contributed by atoms with Gasteiger partial charge in [-0.05, 0) is 31.9 Å². The number of fused-ring (bicyclic) bond motifs is 3. The molecule has 1 atom stereocenters. The number of nitrogens with zero attached hydrogens (tertiary/aromatic N) is 3. The number of para-hydroxylation sites is 1. The second-order valence-electron chi connectivity index (χ2n) is 7.38. The van der Waals surface area contributed by atoms with Gasteiger partial charge in [-0.15, -0.1) is 0 Å². The zero-order valence-electron chi connectivity index (χ0n) is 17.0. The molecule has 0 saturated carbocycles. The molecule has 0 radical (unpaired) electrons. The molecule has 3 aromatic rings. The molecule has 1 aliphatic heterocycles. The number of anilines is 3. The Labute approximate surface area is 174 Å². The molecule has 1 amide bonds. The standard InChI is InChI=1S/C21H27N7O2/c1-2-30-12-14(22)10-24-21-25-11-16(19(23)29)20(27-21)26-17-7-3-5-13-9-15-6-4-8-28(15)18(13)17/h3,5,7,9,11,14H,2,4,6,8,10,12,22H2,1H3,(H2,23,29)(H2,24,25,26,27). The second kappa shape index (κ2) is 8.68. The summed E-state index contributed by atoms with van der Waals surface area (Å²) in [5.74, 6) is 0.131. The van der Waals surface area contributed by atoms with Crippen molar-refractivity contribution in [3.8, 4) is 0 Å². The molecule has 4 rings (SSSR count). The van der Waals surface area contributed by atoms with Crippen molar-refractivity contribution < 1.29 is 9.53 Å². The minimum Gasteiger partial charge on any atom is -0.380 e. The van der Waals surface area contributed by atoms with Gasteiger partial charge in [0.15, 0.2) is 0 Å². The molecule has 6 N–H and O–H groups in total. The highest BCUT2D eigenvalue weighted by Gasteiger charge is 2.19. The molecule has 1 aromatic carbocycles. The monoisotopic (exact) mass is 409 g/mol. The second-order valence-corrected chi connectivity index (χ2v) is 7.38. The number of rotatable bonds is 9. The number of aromatic nitrogens is 3. The summed E-state index contributed by atoms with van der Waals surface area (Å²) in [7, 11) is 0. The third-order valence-electron chi connectivity index (χ3n) is 5.19. The lowest BCUT2D eigenvalue weighted by Crippen LogP contribution is -2.34. The number of nitrogens with one attached hydrogen (secondary N) is 2. The van der Waals surface area contributed by atoms with Crippen LogP contribution in [-0.4, -0.2) is 46.2 Å². The number of ether oxygens (including phenoxy) is 1. The fraction of sp³-hybridized carbons (Fsp3) is 0.381. The van der Waals surface area contributed by atoms with E-state index in [2.05, 4.69) is 37.3 Å². The number of carbonyl (C=O) groups excluding carboxylic acids is 1. The summed E-state index contributed by atoms with van der Waals surface area (Å²) in [4.78, 5) is 20.6. The highest BCUT2D eigenvalue weighted by atomic mass is 16.5. The fourth-order valence-corrected chi connectivity index (χ4v) is 3.78. The first kappa shape index (κ1) is 20.1. The van der Waals surface area contributed by atoms with Gasteiger partial charge >= 0.3 is 0 Å². The Morgan fingerprint density at radius 2 is 2.27 bits per heavy atom. The summed E-state index contributed by atoms with van der Waals surface area (Å²) < 4.78 is 7.64. The first-order valence-electron chi connectivity index (χ1n) is 10.2. The van der Waals surface area contributed by atoms with E-state index in [9.17, 15) is 4.79 Å². The number of amides is 1. The zero-order chi connectivity index (χ0) is 21.1. The minimum absolute atomic E-state index is 0.196. The van der Waals surface area contributed by atoms with E-state index in [1.165, 1.54) is 11.9 Å². The van der Waals surface area contributed by atoms with Crippen LogP contribution < -0.4 is 22.1 Å². The summed E-state index contributed by atoms with van der Waals surface area (Å²) in [6.45, 7) is 4.40. The summed E-state index contributed by atoms with van der Waals surface area (Å²) in [5.41, 5.74) is 15.1. The molecule has 0 saturated heterocycles. The van der Waals surface area contributed by atoms with Crippen molar-refractivity contribution in [2.24, 2.45) is 11.5 Å². The number of benzene rings is 1. The summed E-state index contributed by atoms with van der Waals surface area (Å²) in [5, 5.41) is 7.56. The Balaban J connectivity index is 1.62. The lowest BCUT2D eigenvalue weighted by molar-refractivity contribution is 0.100. The average Bonchev–Trinajstić information content (AvgIpc) is 3.32. The summed E-state index contributed by atoms with van der Waals surface area (Å²) in [6.07, 6.45) is 3.64. The molecule has 30 heavy (non-hydrogen) atoms. The van der Waals surface area contributed by atoms with Crippen LogP contribution in [0.15, 0.2) is 30.5 Å². The van der Waals surface area contributed by atoms with Crippen LogP contribution in [0, 0.1) is 0 Å². The maximum atomic E-state index is 11.9. The van der Waals surface area contributed by atoms with E-state index < -0.39 is 5.91 Å². The van der Waals surface area contributed by atoms with Crippen molar-refractivity contribution in [1.82, 2.24) is 14.5 Å². The SMILES string of the molecule is CCOCC(N)CNc1ncc(C(N)=O)c(Nc2cccc3cc4n(c23)CCC4)n1. The maximum absolute atomic E-state index is 11.9. The molecule has 0 bridgehead atoms. The normalized spacial score (nSPS) is 13.9. The van der Waals surface area contributed by atoms with Crippen molar-refractivity contribution in [2.45, 2.75) is 32.4 Å². The Morgan fingerprint density at radius 1 is 1.40 bits per heavy atom. The smallest absolute Gasteiger partial charge is 0.254 e. The third-order valence-corrected chi connectivity index (χ3v) is 5.19. The summed E-state index contributed by atoms with van der Waals surface area (Å²) in [6, 6.07) is 8.07. The van der Waals surface area contributed by atoms with Crippen LogP contribution in [0.3, 0.4) is 0 Å². The molecule has 0 spiro atoms. The largest absolute Gasteiger partial charge is 0.380 e. The van der Waals surface area contributed by atoms with Crippen molar-refractivity contribution >= 4 is 34.3 Å². The van der Waals surface area contributed by atoms with Gasteiger partial charge < -0.3 is 31.4 Å². The van der Waals surface area contributed by atoms with Gasteiger partial charge in [-0.2, -0.15) is 4.98 Å². The molecule has 1 aliphatic rings. The first-order chi connectivity index (χ1) is 14.6. The van der Waals surface area contributed by atoms with Crippen LogP contribution in [0.2, 0.25) is 0 Å². The van der Waals surface area contributed by atoms with E-state index in [-0.39, 0.29) is 11.6 Å². The van der Waals surface area contributed by atoms with Crippen LogP contribution in [-0.2, 0) is 17.7 Å². The Bertz CT molecular complexity index is 1060. The van der Waals surface area contributed by atoms with Gasteiger partial charge in [-0.25, -0.2) is 4.98 Å². The van der Waals surface area contributed by atoms with Crippen LogP contribution in [0.4, 0.5) is 17.5 Å². The first-order valence-corrected chi connectivity index (χ1v) is 10.2. The van der Waals surface area contributed by atoms with Gasteiger partial charge in [0.05, 0.1) is 17.8 Å². The minimum atomic E-state index is -0.593. The molecule has 3 heterocycles. The van der Waals surface area contributed by atoms with E-state index in [0.29, 0.717) is 31.5 Å². The van der Waals surface area contributed by atoms with Gasteiger partial charge in [0.25, 0.3) is 5.91 Å². The van der Waals surface area contributed by atoms with E-state index >= 15 is 0 Å². The lowest BCUT2D eigenvalue weighted by atomic mass is 10.2. The number of hydrogen-bond donors (Lipinski definition) is 4. The number of nitrogens with two attached hydrogens (primary N) is 2. The Morgan fingerprint density at radius 3 is 3.07 bits per heavy atom. The van der Waals surface area contributed by atoms with Crippen molar-refractivity contribution in [2.75, 3.05) is 30.4 Å². The Kier molecular flexibility index (Phi) is 5.82. The van der Waals surface area contributed by atoms with Crippen molar-refractivity contribution in [1.29, 1.82) is 0 Å². The molecule has 9 heteroatoms. The average molecular weight is 409 g/mol. The van der Waals surface area contributed by atoms with E-state index in [4.69, 9.17) is 16.2 Å². The van der Waals surface area contributed by atoms with Crippen LogP contribution in [0.1, 0.15) is 29.4 Å².